The molecular formula is C8H17NO3S. The van der Waals surface area contributed by atoms with Gasteiger partial charge in [-0.3, -0.25) is 9.00 Å². The predicted octanol–water partition coefficient (Wildman–Crippen LogP) is -0.0939. The number of carbonyl (C=O) groups excluding carboxylic acids is 1. The molecule has 0 bridgehead atoms. The van der Waals surface area contributed by atoms with Crippen molar-refractivity contribution in [3.63, 3.8) is 0 Å². The Bertz CT molecular complexity index is 184. The molecule has 0 amide bonds. The second-order valence-electron chi connectivity index (χ2n) is 2.63. The van der Waals surface area contributed by atoms with Gasteiger partial charge in [-0.2, -0.15) is 0 Å². The Morgan fingerprint density at radius 3 is 2.69 bits per heavy atom. The van der Waals surface area contributed by atoms with Crippen LogP contribution in [0.25, 0.3) is 0 Å². The summed E-state index contributed by atoms with van der Waals surface area (Å²) in [6, 6.07) is -0.321. The molecule has 0 fully saturated rings. The van der Waals surface area contributed by atoms with Crippen LogP contribution in [0.5, 0.6) is 0 Å². The Labute approximate surface area is 81.5 Å². The van der Waals surface area contributed by atoms with E-state index in [1.807, 2.05) is 6.92 Å². The molecule has 0 aromatic carbocycles. The van der Waals surface area contributed by atoms with Gasteiger partial charge in [0.15, 0.2) is 0 Å². The third kappa shape index (κ3) is 5.76. The molecule has 5 heteroatoms. The molecule has 0 aromatic rings. The lowest BCUT2D eigenvalue weighted by Gasteiger charge is -2.10. The first-order valence-corrected chi connectivity index (χ1v) is 5.76. The zero-order chi connectivity index (χ0) is 10.3. The fraction of sp³-hybridized carbons (Fsp3) is 0.875. The number of ether oxygens (including phenoxy) is 1. The molecule has 2 atom stereocenters. The van der Waals surface area contributed by atoms with E-state index in [0.29, 0.717) is 18.1 Å². The predicted molar refractivity (Wildman–Crippen MR) is 53.0 cm³/mol. The third-order valence-electron chi connectivity index (χ3n) is 1.66. The Morgan fingerprint density at radius 1 is 1.62 bits per heavy atom. The Hall–Kier alpha value is -0.420. The van der Waals surface area contributed by atoms with Crippen molar-refractivity contribution in [1.82, 2.24) is 5.32 Å². The molecule has 0 aliphatic rings. The van der Waals surface area contributed by atoms with E-state index in [2.05, 4.69) is 10.1 Å². The maximum Gasteiger partial charge on any atom is 0.322 e. The highest BCUT2D eigenvalue weighted by molar-refractivity contribution is 7.84. The van der Waals surface area contributed by atoms with Crippen LogP contribution in [0.1, 0.15) is 13.8 Å². The third-order valence-corrected chi connectivity index (χ3v) is 2.96. The number of esters is 1. The maximum atomic E-state index is 11.0. The van der Waals surface area contributed by atoms with E-state index in [1.54, 1.807) is 6.92 Å². The first kappa shape index (κ1) is 12.6. The fourth-order valence-electron chi connectivity index (χ4n) is 0.794. The zero-order valence-corrected chi connectivity index (χ0v) is 9.15. The fourth-order valence-corrected chi connectivity index (χ4v) is 1.43. The highest BCUT2D eigenvalue weighted by Gasteiger charge is 2.11. The van der Waals surface area contributed by atoms with Crippen molar-refractivity contribution in [1.29, 1.82) is 0 Å². The van der Waals surface area contributed by atoms with Crippen LogP contribution >= 0.6 is 0 Å². The van der Waals surface area contributed by atoms with Gasteiger partial charge in [0.2, 0.25) is 0 Å². The molecule has 0 aliphatic heterocycles. The van der Waals surface area contributed by atoms with Gasteiger partial charge in [0.25, 0.3) is 0 Å². The average molecular weight is 207 g/mol. The standard InChI is InChI=1S/C8H17NO3S/c1-4-13(11)6-5-9-7(2)8(10)12-3/h7,9H,4-6H2,1-3H3. The van der Waals surface area contributed by atoms with Crippen LogP contribution in [-0.2, 0) is 20.3 Å². The number of hydrogen-bond donors (Lipinski definition) is 1. The molecule has 1 N–H and O–H groups in total. The molecule has 0 spiro atoms. The van der Waals surface area contributed by atoms with Crippen molar-refractivity contribution in [2.45, 2.75) is 19.9 Å². The smallest absolute Gasteiger partial charge is 0.322 e. The SMILES string of the molecule is CCS(=O)CCNC(C)C(=O)OC. The summed E-state index contributed by atoms with van der Waals surface area (Å²) in [5.74, 6) is 0.953. The van der Waals surface area contributed by atoms with Gasteiger partial charge in [-0.1, -0.05) is 6.92 Å². The van der Waals surface area contributed by atoms with Crippen molar-refractivity contribution in [3.8, 4) is 0 Å². The molecule has 0 heterocycles. The summed E-state index contributed by atoms with van der Waals surface area (Å²) < 4.78 is 15.5. The van der Waals surface area contributed by atoms with Crippen LogP contribution in [0.3, 0.4) is 0 Å². The number of carbonyl (C=O) groups is 1. The van der Waals surface area contributed by atoms with Gasteiger partial charge in [-0.15, -0.1) is 0 Å². The highest BCUT2D eigenvalue weighted by Crippen LogP contribution is 1.86. The second-order valence-corrected chi connectivity index (χ2v) is 4.50. The van der Waals surface area contributed by atoms with Crippen molar-refractivity contribution >= 4 is 16.8 Å². The summed E-state index contributed by atoms with van der Waals surface area (Å²) in [5.41, 5.74) is 0. The van der Waals surface area contributed by atoms with Crippen LogP contribution in [0.4, 0.5) is 0 Å². The van der Waals surface area contributed by atoms with E-state index >= 15 is 0 Å². The molecule has 78 valence electrons. The minimum atomic E-state index is -0.773. The van der Waals surface area contributed by atoms with Gasteiger partial charge in [-0.05, 0) is 6.92 Å². The summed E-state index contributed by atoms with van der Waals surface area (Å²) in [6.45, 7) is 4.18. The normalized spacial score (nSPS) is 15.0. The average Bonchev–Trinajstić information content (AvgIpc) is 2.15. The van der Waals surface area contributed by atoms with Crippen LogP contribution in [-0.4, -0.2) is 41.4 Å². The minimum Gasteiger partial charge on any atom is -0.468 e. The largest absolute Gasteiger partial charge is 0.468 e. The van der Waals surface area contributed by atoms with Crippen molar-refractivity contribution in [2.75, 3.05) is 25.2 Å². The Kier molecular flexibility index (Phi) is 6.80. The summed E-state index contributed by atoms with van der Waals surface area (Å²) >= 11 is 0. The van der Waals surface area contributed by atoms with Gasteiger partial charge in [0.1, 0.15) is 6.04 Å². The summed E-state index contributed by atoms with van der Waals surface area (Å²) in [5, 5.41) is 2.93. The molecule has 0 radical (unpaired) electrons. The lowest BCUT2D eigenvalue weighted by Crippen LogP contribution is -2.37. The monoisotopic (exact) mass is 207 g/mol. The van der Waals surface area contributed by atoms with E-state index in [4.69, 9.17) is 0 Å². The molecule has 0 rings (SSSR count). The quantitative estimate of drug-likeness (QED) is 0.618. The van der Waals surface area contributed by atoms with Gasteiger partial charge in [0, 0.05) is 28.9 Å². The lowest BCUT2D eigenvalue weighted by molar-refractivity contribution is -0.142. The summed E-state index contributed by atoms with van der Waals surface area (Å²) in [6.07, 6.45) is 0. The molecule has 13 heavy (non-hydrogen) atoms. The van der Waals surface area contributed by atoms with Crippen LogP contribution in [0.2, 0.25) is 0 Å². The summed E-state index contributed by atoms with van der Waals surface area (Å²) in [4.78, 5) is 10.9. The molecule has 0 aliphatic carbocycles. The van der Waals surface area contributed by atoms with E-state index in [-0.39, 0.29) is 12.0 Å². The van der Waals surface area contributed by atoms with Crippen molar-refractivity contribution in [3.05, 3.63) is 0 Å². The molecule has 0 saturated heterocycles. The van der Waals surface area contributed by atoms with Gasteiger partial charge >= 0.3 is 5.97 Å². The lowest BCUT2D eigenvalue weighted by atomic mass is 10.3. The summed E-state index contributed by atoms with van der Waals surface area (Å²) in [7, 11) is 0.579. The van der Waals surface area contributed by atoms with Crippen LogP contribution in [0.15, 0.2) is 0 Å². The van der Waals surface area contributed by atoms with Gasteiger partial charge < -0.3 is 10.1 Å². The molecule has 4 nitrogen and oxygen atoms in total. The van der Waals surface area contributed by atoms with Crippen molar-refractivity contribution in [2.24, 2.45) is 0 Å². The number of nitrogens with one attached hydrogen (secondary N) is 1. The highest BCUT2D eigenvalue weighted by atomic mass is 32.2. The first-order valence-electron chi connectivity index (χ1n) is 4.28. The number of rotatable bonds is 6. The molecular weight excluding hydrogens is 190 g/mol. The van der Waals surface area contributed by atoms with E-state index in [1.165, 1.54) is 7.11 Å². The van der Waals surface area contributed by atoms with E-state index in [0.717, 1.165) is 0 Å². The number of methoxy groups -OCH3 is 1. The minimum absolute atomic E-state index is 0.290. The van der Waals surface area contributed by atoms with Crippen LogP contribution < -0.4 is 5.32 Å². The molecule has 2 unspecified atom stereocenters. The van der Waals surface area contributed by atoms with Gasteiger partial charge in [-0.25, -0.2) is 0 Å². The second kappa shape index (κ2) is 7.03. The first-order chi connectivity index (χ1) is 6.11. The maximum absolute atomic E-state index is 11.0. The van der Waals surface area contributed by atoms with E-state index < -0.39 is 10.8 Å². The van der Waals surface area contributed by atoms with Crippen LogP contribution in [0, 0.1) is 0 Å². The van der Waals surface area contributed by atoms with Gasteiger partial charge in [0.05, 0.1) is 7.11 Å². The van der Waals surface area contributed by atoms with E-state index in [9.17, 15) is 9.00 Å². The molecule has 0 aromatic heterocycles. The Morgan fingerprint density at radius 2 is 2.23 bits per heavy atom. The topological polar surface area (TPSA) is 55.4 Å². The number of hydrogen-bond acceptors (Lipinski definition) is 4. The zero-order valence-electron chi connectivity index (χ0n) is 8.33. The molecule has 0 saturated carbocycles. The Balaban J connectivity index is 3.53. The van der Waals surface area contributed by atoms with Crippen molar-refractivity contribution < 1.29 is 13.7 Å².